The molecule has 1 fully saturated rings. The second-order valence-electron chi connectivity index (χ2n) is 7.44. The molecule has 1 heterocycles. The Morgan fingerprint density at radius 3 is 2.71 bits per heavy atom. The molecule has 3 nitrogen and oxygen atoms in total. The molecule has 150 valence electrons. The quantitative estimate of drug-likeness (QED) is 0.620. The molecule has 1 N–H and O–H groups in total. The van der Waals surface area contributed by atoms with Crippen molar-refractivity contribution in [1.29, 1.82) is 0 Å². The van der Waals surface area contributed by atoms with Crippen LogP contribution in [-0.4, -0.2) is 36.2 Å². The zero-order chi connectivity index (χ0) is 19.8. The fourth-order valence-corrected chi connectivity index (χ4v) is 4.76. The van der Waals surface area contributed by atoms with Gasteiger partial charge in [0.25, 0.3) is 0 Å². The lowest BCUT2D eigenvalue weighted by atomic mass is 9.96. The zero-order valence-electron chi connectivity index (χ0n) is 16.5. The third kappa shape index (κ3) is 6.26. The highest BCUT2D eigenvalue weighted by molar-refractivity contribution is 7.98. The minimum Gasteiger partial charge on any atom is -0.355 e. The Hall–Kier alpha value is -1.49. The number of carbonyl (C=O) groups is 1. The number of carbonyl (C=O) groups excluding carboxylic acids is 1. The number of hydrogen-bond donors (Lipinski definition) is 1. The fourth-order valence-electron chi connectivity index (χ4n) is 3.63. The molecule has 2 aromatic carbocycles. The van der Waals surface area contributed by atoms with Crippen LogP contribution < -0.4 is 5.32 Å². The van der Waals surface area contributed by atoms with E-state index in [1.807, 2.05) is 30.0 Å². The standard InChI is InChI=1S/C23H29ClN2OS/c1-18-7-2-3-9-21(18)17-28-14-12-25-23(27)20-10-6-13-26(16-20)15-19-8-4-5-11-22(19)24/h2-5,7-9,11,20H,6,10,12-17H2,1H3,(H,25,27)/t20-/m1/s1. The maximum absolute atomic E-state index is 12.6. The van der Waals surface area contributed by atoms with Crippen molar-refractivity contribution in [2.24, 2.45) is 5.92 Å². The van der Waals surface area contributed by atoms with Gasteiger partial charge in [0.05, 0.1) is 5.92 Å². The Bertz CT molecular complexity index is 783. The van der Waals surface area contributed by atoms with Crippen LogP contribution in [0.25, 0.3) is 0 Å². The molecule has 1 aliphatic rings. The van der Waals surface area contributed by atoms with E-state index in [1.54, 1.807) is 0 Å². The summed E-state index contributed by atoms with van der Waals surface area (Å²) in [5.74, 6) is 2.21. The number of likely N-dealkylation sites (tertiary alicyclic amines) is 1. The van der Waals surface area contributed by atoms with Crippen LogP contribution in [0, 0.1) is 12.8 Å². The van der Waals surface area contributed by atoms with E-state index in [0.29, 0.717) is 0 Å². The van der Waals surface area contributed by atoms with Gasteiger partial charge in [0.15, 0.2) is 0 Å². The molecule has 1 amide bonds. The first-order valence-electron chi connectivity index (χ1n) is 9.99. The Morgan fingerprint density at radius 2 is 1.93 bits per heavy atom. The first-order valence-corrected chi connectivity index (χ1v) is 11.5. The van der Waals surface area contributed by atoms with Gasteiger partial charge in [0.2, 0.25) is 5.91 Å². The minimum absolute atomic E-state index is 0.0811. The number of aryl methyl sites for hydroxylation is 1. The van der Waals surface area contributed by atoms with Crippen LogP contribution >= 0.6 is 23.4 Å². The van der Waals surface area contributed by atoms with E-state index < -0.39 is 0 Å². The van der Waals surface area contributed by atoms with Crippen molar-refractivity contribution in [2.75, 3.05) is 25.4 Å². The summed E-state index contributed by atoms with van der Waals surface area (Å²) in [5.41, 5.74) is 3.85. The van der Waals surface area contributed by atoms with Gasteiger partial charge in [-0.15, -0.1) is 0 Å². The van der Waals surface area contributed by atoms with Crippen molar-refractivity contribution in [2.45, 2.75) is 32.1 Å². The molecule has 0 unspecified atom stereocenters. The Morgan fingerprint density at radius 1 is 1.18 bits per heavy atom. The number of amides is 1. The molecule has 0 aromatic heterocycles. The molecule has 3 rings (SSSR count). The number of thioether (sulfide) groups is 1. The topological polar surface area (TPSA) is 32.3 Å². The lowest BCUT2D eigenvalue weighted by Crippen LogP contribution is -2.43. The number of piperidine rings is 1. The summed E-state index contributed by atoms with van der Waals surface area (Å²) in [5, 5.41) is 3.94. The lowest BCUT2D eigenvalue weighted by molar-refractivity contribution is -0.126. The molecule has 1 aliphatic heterocycles. The van der Waals surface area contributed by atoms with E-state index in [4.69, 9.17) is 11.6 Å². The van der Waals surface area contributed by atoms with Gasteiger partial charge in [0, 0.05) is 36.2 Å². The first-order chi connectivity index (χ1) is 13.6. The molecule has 2 aromatic rings. The van der Waals surface area contributed by atoms with E-state index in [-0.39, 0.29) is 11.8 Å². The normalized spacial score (nSPS) is 17.4. The van der Waals surface area contributed by atoms with E-state index in [0.717, 1.165) is 61.1 Å². The number of nitrogens with zero attached hydrogens (tertiary/aromatic N) is 1. The molecule has 28 heavy (non-hydrogen) atoms. The summed E-state index contributed by atoms with van der Waals surface area (Å²) >= 11 is 8.16. The van der Waals surface area contributed by atoms with Gasteiger partial charge in [0.1, 0.15) is 0 Å². The second kappa shape index (κ2) is 10.9. The number of benzene rings is 2. The highest BCUT2D eigenvalue weighted by Gasteiger charge is 2.25. The molecule has 5 heteroatoms. The molecule has 0 bridgehead atoms. The van der Waals surface area contributed by atoms with Gasteiger partial charge < -0.3 is 5.32 Å². The molecule has 0 aliphatic carbocycles. The third-order valence-corrected chi connectivity index (χ3v) is 6.67. The summed E-state index contributed by atoms with van der Waals surface area (Å²) in [6, 6.07) is 16.5. The average Bonchev–Trinajstić information content (AvgIpc) is 2.71. The Kier molecular flexibility index (Phi) is 8.26. The maximum atomic E-state index is 12.6. The predicted molar refractivity (Wildman–Crippen MR) is 120 cm³/mol. The number of nitrogens with one attached hydrogen (secondary N) is 1. The minimum atomic E-state index is 0.0811. The van der Waals surface area contributed by atoms with Crippen molar-refractivity contribution >= 4 is 29.3 Å². The smallest absolute Gasteiger partial charge is 0.224 e. The van der Waals surface area contributed by atoms with Crippen molar-refractivity contribution < 1.29 is 4.79 Å². The number of halogens is 1. The van der Waals surface area contributed by atoms with Crippen LogP contribution in [0.3, 0.4) is 0 Å². The SMILES string of the molecule is Cc1ccccc1CSCCNC(=O)[C@@H]1CCCN(Cc2ccccc2Cl)C1. The van der Waals surface area contributed by atoms with Gasteiger partial charge in [-0.25, -0.2) is 0 Å². The molecule has 0 spiro atoms. The molecule has 1 saturated heterocycles. The molecular weight excluding hydrogens is 388 g/mol. The summed E-state index contributed by atoms with van der Waals surface area (Å²) in [7, 11) is 0. The van der Waals surface area contributed by atoms with Crippen molar-refractivity contribution in [3.05, 3.63) is 70.2 Å². The third-order valence-electron chi connectivity index (χ3n) is 5.29. The van der Waals surface area contributed by atoms with Crippen molar-refractivity contribution in [3.8, 4) is 0 Å². The average molecular weight is 417 g/mol. The molecule has 1 atom stereocenters. The van der Waals surface area contributed by atoms with Gasteiger partial charge in [-0.05, 0) is 49.1 Å². The first kappa shape index (κ1) is 21.2. The van der Waals surface area contributed by atoms with Gasteiger partial charge in [-0.2, -0.15) is 11.8 Å². The Balaban J connectivity index is 1.38. The molecular formula is C23H29ClN2OS. The Labute approximate surface area is 177 Å². The highest BCUT2D eigenvalue weighted by atomic mass is 35.5. The van der Waals surface area contributed by atoms with E-state index in [9.17, 15) is 4.79 Å². The van der Waals surface area contributed by atoms with Gasteiger partial charge in [-0.3, -0.25) is 9.69 Å². The summed E-state index contributed by atoms with van der Waals surface area (Å²) in [4.78, 5) is 14.9. The highest BCUT2D eigenvalue weighted by Crippen LogP contribution is 2.22. The van der Waals surface area contributed by atoms with Crippen LogP contribution in [-0.2, 0) is 17.1 Å². The largest absolute Gasteiger partial charge is 0.355 e. The summed E-state index contributed by atoms with van der Waals surface area (Å²) in [6.45, 7) is 5.54. The van der Waals surface area contributed by atoms with Crippen LogP contribution in [0.2, 0.25) is 5.02 Å². The van der Waals surface area contributed by atoms with Gasteiger partial charge in [-0.1, -0.05) is 54.1 Å². The number of rotatable bonds is 8. The van der Waals surface area contributed by atoms with E-state index >= 15 is 0 Å². The van der Waals surface area contributed by atoms with Crippen molar-refractivity contribution in [1.82, 2.24) is 10.2 Å². The van der Waals surface area contributed by atoms with Crippen molar-refractivity contribution in [3.63, 3.8) is 0 Å². The van der Waals surface area contributed by atoms with E-state index in [2.05, 4.69) is 47.5 Å². The second-order valence-corrected chi connectivity index (χ2v) is 8.95. The zero-order valence-corrected chi connectivity index (χ0v) is 18.1. The van der Waals surface area contributed by atoms with Crippen LogP contribution in [0.15, 0.2) is 48.5 Å². The van der Waals surface area contributed by atoms with E-state index in [1.165, 1.54) is 11.1 Å². The number of hydrogen-bond acceptors (Lipinski definition) is 3. The monoisotopic (exact) mass is 416 g/mol. The van der Waals surface area contributed by atoms with Crippen LogP contribution in [0.4, 0.5) is 0 Å². The van der Waals surface area contributed by atoms with Crippen LogP contribution in [0.5, 0.6) is 0 Å². The molecule has 0 radical (unpaired) electrons. The predicted octanol–water partition coefficient (Wildman–Crippen LogP) is 4.91. The maximum Gasteiger partial charge on any atom is 0.224 e. The summed E-state index contributed by atoms with van der Waals surface area (Å²) in [6.07, 6.45) is 2.03. The van der Waals surface area contributed by atoms with Gasteiger partial charge >= 0.3 is 0 Å². The fraction of sp³-hybridized carbons (Fsp3) is 0.435. The molecule has 0 saturated carbocycles. The van der Waals surface area contributed by atoms with Crippen LogP contribution in [0.1, 0.15) is 29.5 Å². The lowest BCUT2D eigenvalue weighted by Gasteiger charge is -2.32. The summed E-state index contributed by atoms with van der Waals surface area (Å²) < 4.78 is 0.